The summed E-state index contributed by atoms with van der Waals surface area (Å²) < 4.78 is 0. The summed E-state index contributed by atoms with van der Waals surface area (Å²) in [6.45, 7) is 6.24. The standard InChI is InChI=1S/C18H33N3/c19-14-18(13-15-4-5-16(18)12-15)21-10-6-17(7-11-21)20-8-2-1-3-9-20/h15-17H,1-14,19H2. The van der Waals surface area contributed by atoms with Gasteiger partial charge in [-0.2, -0.15) is 0 Å². The van der Waals surface area contributed by atoms with Crippen molar-refractivity contribution in [2.75, 3.05) is 32.7 Å². The zero-order valence-electron chi connectivity index (χ0n) is 13.6. The van der Waals surface area contributed by atoms with Gasteiger partial charge in [-0.05, 0) is 69.9 Å². The van der Waals surface area contributed by atoms with Crippen molar-refractivity contribution in [3.63, 3.8) is 0 Å². The lowest BCUT2D eigenvalue weighted by Gasteiger charge is -2.50. The van der Waals surface area contributed by atoms with Crippen LogP contribution in [0.3, 0.4) is 0 Å². The molecule has 2 bridgehead atoms. The van der Waals surface area contributed by atoms with Gasteiger partial charge in [0, 0.05) is 31.2 Å². The Balaban J connectivity index is 1.38. The van der Waals surface area contributed by atoms with E-state index in [4.69, 9.17) is 5.73 Å². The maximum absolute atomic E-state index is 6.31. The van der Waals surface area contributed by atoms with E-state index in [0.29, 0.717) is 5.54 Å². The number of hydrogen-bond donors (Lipinski definition) is 1. The Hall–Kier alpha value is -0.120. The summed E-state index contributed by atoms with van der Waals surface area (Å²) >= 11 is 0. The average Bonchev–Trinajstić information content (AvgIpc) is 3.17. The quantitative estimate of drug-likeness (QED) is 0.867. The topological polar surface area (TPSA) is 32.5 Å². The number of nitrogens with two attached hydrogens (primary N) is 1. The SMILES string of the molecule is NCC1(N2CCC(N3CCCCC3)CC2)CC2CCC1C2. The van der Waals surface area contributed by atoms with Crippen LogP contribution in [0.1, 0.15) is 57.8 Å². The van der Waals surface area contributed by atoms with E-state index in [1.54, 1.807) is 0 Å². The van der Waals surface area contributed by atoms with Gasteiger partial charge in [-0.25, -0.2) is 0 Å². The van der Waals surface area contributed by atoms with Gasteiger partial charge in [0.05, 0.1) is 0 Å². The Labute approximate surface area is 130 Å². The minimum atomic E-state index is 0.399. The van der Waals surface area contributed by atoms with E-state index >= 15 is 0 Å². The van der Waals surface area contributed by atoms with Crippen LogP contribution in [-0.2, 0) is 0 Å². The highest BCUT2D eigenvalue weighted by molar-refractivity contribution is 5.09. The molecule has 120 valence electrons. The van der Waals surface area contributed by atoms with Crippen molar-refractivity contribution in [2.45, 2.75) is 69.4 Å². The number of nitrogens with zero attached hydrogens (tertiary/aromatic N) is 2. The van der Waals surface area contributed by atoms with Gasteiger partial charge >= 0.3 is 0 Å². The average molecular weight is 291 g/mol. The molecule has 0 spiro atoms. The number of fused-ring (bicyclic) bond motifs is 2. The Kier molecular flexibility index (Phi) is 4.01. The Morgan fingerprint density at radius 2 is 1.67 bits per heavy atom. The second kappa shape index (κ2) is 5.82. The van der Waals surface area contributed by atoms with E-state index in [9.17, 15) is 0 Å². The first-order valence-corrected chi connectivity index (χ1v) is 9.51. The first-order valence-electron chi connectivity index (χ1n) is 9.51. The highest BCUT2D eigenvalue weighted by Gasteiger charge is 2.53. The van der Waals surface area contributed by atoms with Crippen LogP contribution >= 0.6 is 0 Å². The number of rotatable bonds is 3. The molecule has 3 nitrogen and oxygen atoms in total. The lowest BCUT2D eigenvalue weighted by Crippen LogP contribution is -2.60. The molecule has 3 unspecified atom stereocenters. The van der Waals surface area contributed by atoms with E-state index < -0.39 is 0 Å². The van der Waals surface area contributed by atoms with Gasteiger partial charge in [0.25, 0.3) is 0 Å². The van der Waals surface area contributed by atoms with E-state index in [-0.39, 0.29) is 0 Å². The van der Waals surface area contributed by atoms with Gasteiger partial charge in [-0.3, -0.25) is 4.90 Å². The summed E-state index contributed by atoms with van der Waals surface area (Å²) in [4.78, 5) is 5.62. The lowest BCUT2D eigenvalue weighted by molar-refractivity contribution is -0.00148. The molecule has 4 aliphatic rings. The number of hydrogen-bond acceptors (Lipinski definition) is 3. The highest BCUT2D eigenvalue weighted by Crippen LogP contribution is 2.53. The van der Waals surface area contributed by atoms with Crippen molar-refractivity contribution in [1.29, 1.82) is 0 Å². The molecular formula is C18H33N3. The monoisotopic (exact) mass is 291 g/mol. The van der Waals surface area contributed by atoms with Crippen molar-refractivity contribution in [3.8, 4) is 0 Å². The zero-order chi connectivity index (χ0) is 14.3. The van der Waals surface area contributed by atoms with E-state index in [1.807, 2.05) is 0 Å². The minimum absolute atomic E-state index is 0.399. The van der Waals surface area contributed by atoms with Crippen LogP contribution in [0.25, 0.3) is 0 Å². The van der Waals surface area contributed by atoms with Gasteiger partial charge in [0.2, 0.25) is 0 Å². The molecule has 2 aliphatic heterocycles. The van der Waals surface area contributed by atoms with E-state index in [1.165, 1.54) is 84.0 Å². The third-order valence-electron chi connectivity index (χ3n) is 7.30. The molecule has 0 amide bonds. The van der Waals surface area contributed by atoms with Gasteiger partial charge in [-0.1, -0.05) is 12.8 Å². The summed E-state index contributed by atoms with van der Waals surface area (Å²) in [6.07, 6.45) is 12.9. The fraction of sp³-hybridized carbons (Fsp3) is 1.00. The maximum Gasteiger partial charge on any atom is 0.0362 e. The Morgan fingerprint density at radius 3 is 2.24 bits per heavy atom. The smallest absolute Gasteiger partial charge is 0.0362 e. The van der Waals surface area contributed by atoms with Crippen LogP contribution in [0.5, 0.6) is 0 Å². The molecule has 0 aromatic heterocycles. The normalized spacial score (nSPS) is 42.7. The van der Waals surface area contributed by atoms with Crippen LogP contribution in [-0.4, -0.2) is 54.1 Å². The molecule has 0 aromatic rings. The highest BCUT2D eigenvalue weighted by atomic mass is 15.3. The fourth-order valence-corrected chi connectivity index (χ4v) is 6.14. The molecule has 4 fully saturated rings. The predicted octanol–water partition coefficient (Wildman–Crippen LogP) is 2.45. The number of piperidine rings is 2. The fourth-order valence-electron chi connectivity index (χ4n) is 6.14. The van der Waals surface area contributed by atoms with Crippen LogP contribution in [0, 0.1) is 11.8 Å². The van der Waals surface area contributed by atoms with E-state index in [0.717, 1.165) is 24.4 Å². The zero-order valence-corrected chi connectivity index (χ0v) is 13.6. The largest absolute Gasteiger partial charge is 0.329 e. The number of likely N-dealkylation sites (tertiary alicyclic amines) is 2. The molecule has 3 heteroatoms. The van der Waals surface area contributed by atoms with Crippen LogP contribution in [0.2, 0.25) is 0 Å². The second-order valence-electron chi connectivity index (χ2n) is 8.20. The Morgan fingerprint density at radius 1 is 0.905 bits per heavy atom. The van der Waals surface area contributed by atoms with Gasteiger partial charge in [0.1, 0.15) is 0 Å². The van der Waals surface area contributed by atoms with Crippen molar-refractivity contribution >= 4 is 0 Å². The molecule has 2 N–H and O–H groups in total. The van der Waals surface area contributed by atoms with Crippen LogP contribution < -0.4 is 5.73 Å². The van der Waals surface area contributed by atoms with Crippen LogP contribution in [0.4, 0.5) is 0 Å². The van der Waals surface area contributed by atoms with Gasteiger partial charge in [-0.15, -0.1) is 0 Å². The Bertz CT molecular complexity index is 357. The van der Waals surface area contributed by atoms with E-state index in [2.05, 4.69) is 9.80 Å². The van der Waals surface area contributed by atoms with Crippen LogP contribution in [0.15, 0.2) is 0 Å². The molecule has 2 heterocycles. The molecule has 2 saturated carbocycles. The summed E-state index contributed by atoms with van der Waals surface area (Å²) in [6, 6.07) is 0.870. The minimum Gasteiger partial charge on any atom is -0.329 e. The van der Waals surface area contributed by atoms with Crippen molar-refractivity contribution in [2.24, 2.45) is 17.6 Å². The van der Waals surface area contributed by atoms with Crippen molar-refractivity contribution < 1.29 is 0 Å². The predicted molar refractivity (Wildman–Crippen MR) is 87.3 cm³/mol. The molecule has 0 radical (unpaired) electrons. The molecule has 2 saturated heterocycles. The summed E-state index contributed by atoms with van der Waals surface area (Å²) in [5, 5.41) is 0. The summed E-state index contributed by atoms with van der Waals surface area (Å²) in [7, 11) is 0. The first kappa shape index (κ1) is 14.5. The molecule has 4 rings (SSSR count). The maximum atomic E-state index is 6.31. The first-order chi connectivity index (χ1) is 10.3. The second-order valence-corrected chi connectivity index (χ2v) is 8.20. The van der Waals surface area contributed by atoms with Crippen molar-refractivity contribution in [1.82, 2.24) is 9.80 Å². The molecular weight excluding hydrogens is 258 g/mol. The third kappa shape index (κ3) is 2.46. The van der Waals surface area contributed by atoms with Gasteiger partial charge < -0.3 is 10.6 Å². The van der Waals surface area contributed by atoms with Crippen molar-refractivity contribution in [3.05, 3.63) is 0 Å². The summed E-state index contributed by atoms with van der Waals surface area (Å²) in [5.74, 6) is 1.91. The summed E-state index contributed by atoms with van der Waals surface area (Å²) in [5.41, 5.74) is 6.71. The molecule has 3 atom stereocenters. The lowest BCUT2D eigenvalue weighted by atomic mass is 9.78. The molecule has 0 aromatic carbocycles. The third-order valence-corrected chi connectivity index (χ3v) is 7.30. The molecule has 2 aliphatic carbocycles. The van der Waals surface area contributed by atoms with Gasteiger partial charge in [0.15, 0.2) is 0 Å². The molecule has 21 heavy (non-hydrogen) atoms.